The highest BCUT2D eigenvalue weighted by molar-refractivity contribution is 7.12. The summed E-state index contributed by atoms with van der Waals surface area (Å²) in [6, 6.07) is 12.0. The lowest BCUT2D eigenvalue weighted by Crippen LogP contribution is -2.27. The molecule has 1 aromatic carbocycles. The Morgan fingerprint density at radius 3 is 2.50 bits per heavy atom. The van der Waals surface area contributed by atoms with Crippen LogP contribution in [-0.2, 0) is 5.60 Å². The Morgan fingerprint density at radius 1 is 1.21 bits per heavy atom. The maximum Gasteiger partial charge on any atom is 0.261 e. The van der Waals surface area contributed by atoms with E-state index >= 15 is 0 Å². The van der Waals surface area contributed by atoms with E-state index in [0.29, 0.717) is 6.54 Å². The van der Waals surface area contributed by atoms with Crippen molar-refractivity contribution >= 4 is 17.2 Å². The van der Waals surface area contributed by atoms with Gasteiger partial charge in [-0.1, -0.05) is 30.3 Å². The van der Waals surface area contributed by atoms with Crippen LogP contribution in [0, 0.1) is 0 Å². The quantitative estimate of drug-likeness (QED) is 0.642. The number of rotatable bonds is 8. The zero-order valence-corrected chi connectivity index (χ0v) is 15.3. The second kappa shape index (κ2) is 8.42. The van der Waals surface area contributed by atoms with Crippen LogP contribution in [0.5, 0.6) is 0 Å². The molecule has 4 nitrogen and oxygen atoms in total. The molecule has 2 rings (SSSR count). The van der Waals surface area contributed by atoms with E-state index in [4.69, 9.17) is 0 Å². The number of hydrogen-bond donors (Lipinski definition) is 3. The number of nitrogens with one attached hydrogen (secondary N) is 2. The van der Waals surface area contributed by atoms with Crippen LogP contribution >= 0.6 is 11.3 Å². The summed E-state index contributed by atoms with van der Waals surface area (Å²) in [7, 11) is 0. The number of amides is 1. The summed E-state index contributed by atoms with van der Waals surface area (Å²) in [5, 5.41) is 18.3. The summed E-state index contributed by atoms with van der Waals surface area (Å²) in [5.41, 5.74) is 1.29. The zero-order chi connectivity index (χ0) is 17.6. The molecule has 0 aliphatic heterocycles. The van der Waals surface area contributed by atoms with E-state index < -0.39 is 5.60 Å². The molecular weight excluding hydrogens is 320 g/mol. The van der Waals surface area contributed by atoms with Crippen LogP contribution in [0.4, 0.5) is 0 Å². The van der Waals surface area contributed by atoms with Gasteiger partial charge in [0.05, 0.1) is 10.5 Å². The van der Waals surface area contributed by atoms with E-state index in [-0.39, 0.29) is 11.9 Å². The maximum absolute atomic E-state index is 11.8. The maximum atomic E-state index is 11.8. The minimum absolute atomic E-state index is 0.000236. The van der Waals surface area contributed by atoms with Crippen molar-refractivity contribution in [2.75, 3.05) is 13.1 Å². The van der Waals surface area contributed by atoms with Crippen molar-refractivity contribution in [2.45, 2.75) is 38.8 Å². The van der Waals surface area contributed by atoms with Gasteiger partial charge in [0, 0.05) is 12.6 Å². The molecule has 1 atom stereocenters. The van der Waals surface area contributed by atoms with Gasteiger partial charge in [-0.3, -0.25) is 4.79 Å². The smallest absolute Gasteiger partial charge is 0.261 e. The molecule has 0 spiro atoms. The van der Waals surface area contributed by atoms with Gasteiger partial charge < -0.3 is 15.7 Å². The second-order valence-electron chi connectivity index (χ2n) is 6.44. The molecule has 1 aromatic heterocycles. The van der Waals surface area contributed by atoms with Crippen molar-refractivity contribution in [1.29, 1.82) is 0 Å². The molecule has 0 bridgehead atoms. The first-order valence-corrected chi connectivity index (χ1v) is 9.14. The molecule has 3 N–H and O–H groups in total. The van der Waals surface area contributed by atoms with Gasteiger partial charge in [-0.25, -0.2) is 0 Å². The first kappa shape index (κ1) is 18.6. The Bertz CT molecular complexity index is 630. The molecule has 0 saturated heterocycles. The zero-order valence-electron chi connectivity index (χ0n) is 14.5. The molecule has 1 amide bonds. The predicted octanol–water partition coefficient (Wildman–Crippen LogP) is 3.45. The molecule has 0 aliphatic rings. The number of hydrogen-bond acceptors (Lipinski definition) is 4. The predicted molar refractivity (Wildman–Crippen MR) is 99.4 cm³/mol. The fourth-order valence-corrected chi connectivity index (χ4v) is 3.04. The lowest BCUT2D eigenvalue weighted by atomic mass is 9.96. The molecule has 1 heterocycles. The van der Waals surface area contributed by atoms with Gasteiger partial charge in [0.2, 0.25) is 0 Å². The van der Waals surface area contributed by atoms with Gasteiger partial charge in [-0.15, -0.1) is 11.3 Å². The molecule has 0 radical (unpaired) electrons. The SMILES string of the molecule is CC(NCCCNC(=O)c1cccs1)c1ccc(C(C)(C)O)cc1. The molecule has 5 heteroatoms. The van der Waals surface area contributed by atoms with E-state index in [2.05, 4.69) is 17.6 Å². The van der Waals surface area contributed by atoms with Crippen molar-refractivity contribution in [3.8, 4) is 0 Å². The van der Waals surface area contributed by atoms with Crippen molar-refractivity contribution in [3.63, 3.8) is 0 Å². The molecule has 0 fully saturated rings. The molecular formula is C19H26N2O2S. The molecule has 0 aliphatic carbocycles. The van der Waals surface area contributed by atoms with Crippen molar-refractivity contribution in [3.05, 3.63) is 57.8 Å². The minimum atomic E-state index is -0.810. The van der Waals surface area contributed by atoms with E-state index in [1.54, 1.807) is 13.8 Å². The van der Waals surface area contributed by atoms with Gasteiger partial charge >= 0.3 is 0 Å². The molecule has 2 aromatic rings. The lowest BCUT2D eigenvalue weighted by Gasteiger charge is -2.20. The summed E-state index contributed by atoms with van der Waals surface area (Å²) in [6.45, 7) is 7.18. The third-order valence-electron chi connectivity index (χ3n) is 3.95. The number of aliphatic hydroxyl groups is 1. The Hall–Kier alpha value is -1.69. The first-order valence-electron chi connectivity index (χ1n) is 8.26. The topological polar surface area (TPSA) is 61.4 Å². The largest absolute Gasteiger partial charge is 0.386 e. The third kappa shape index (κ3) is 5.44. The Kier molecular flexibility index (Phi) is 6.54. The highest BCUT2D eigenvalue weighted by Crippen LogP contribution is 2.21. The average molecular weight is 346 g/mol. The molecule has 130 valence electrons. The van der Waals surface area contributed by atoms with Crippen LogP contribution in [-0.4, -0.2) is 24.1 Å². The van der Waals surface area contributed by atoms with Gasteiger partial charge in [0.25, 0.3) is 5.91 Å². The molecule has 0 saturated carbocycles. The van der Waals surface area contributed by atoms with E-state index in [1.165, 1.54) is 16.9 Å². The summed E-state index contributed by atoms with van der Waals surface area (Å²) >= 11 is 1.45. The van der Waals surface area contributed by atoms with E-state index in [9.17, 15) is 9.90 Å². The normalized spacial score (nSPS) is 12.8. The average Bonchev–Trinajstić information content (AvgIpc) is 3.08. The number of thiophene rings is 1. The van der Waals surface area contributed by atoms with Gasteiger partial charge in [-0.2, -0.15) is 0 Å². The van der Waals surface area contributed by atoms with Crippen LogP contribution < -0.4 is 10.6 Å². The van der Waals surface area contributed by atoms with Crippen LogP contribution in [0.25, 0.3) is 0 Å². The highest BCUT2D eigenvalue weighted by atomic mass is 32.1. The Balaban J connectivity index is 1.69. The minimum Gasteiger partial charge on any atom is -0.386 e. The monoisotopic (exact) mass is 346 g/mol. The van der Waals surface area contributed by atoms with E-state index in [1.807, 2.05) is 41.8 Å². The Morgan fingerprint density at radius 2 is 1.92 bits per heavy atom. The Labute approximate surface area is 147 Å². The highest BCUT2D eigenvalue weighted by Gasteiger charge is 2.15. The summed E-state index contributed by atoms with van der Waals surface area (Å²) in [4.78, 5) is 12.5. The van der Waals surface area contributed by atoms with Crippen molar-refractivity contribution in [1.82, 2.24) is 10.6 Å². The van der Waals surface area contributed by atoms with Gasteiger partial charge in [0.15, 0.2) is 0 Å². The van der Waals surface area contributed by atoms with Crippen LogP contribution in [0.15, 0.2) is 41.8 Å². The molecule has 1 unspecified atom stereocenters. The summed E-state index contributed by atoms with van der Waals surface area (Å²) < 4.78 is 0. The number of carbonyl (C=O) groups is 1. The third-order valence-corrected chi connectivity index (χ3v) is 4.82. The molecule has 24 heavy (non-hydrogen) atoms. The number of benzene rings is 1. The van der Waals surface area contributed by atoms with Gasteiger partial charge in [0.1, 0.15) is 0 Å². The second-order valence-corrected chi connectivity index (χ2v) is 7.39. The van der Waals surface area contributed by atoms with Crippen LogP contribution in [0.2, 0.25) is 0 Å². The number of carbonyl (C=O) groups excluding carboxylic acids is 1. The van der Waals surface area contributed by atoms with Crippen molar-refractivity contribution < 1.29 is 9.90 Å². The van der Waals surface area contributed by atoms with Crippen molar-refractivity contribution in [2.24, 2.45) is 0 Å². The summed E-state index contributed by atoms with van der Waals surface area (Å²) in [5.74, 6) is 0.000236. The standard InChI is InChI=1S/C19H26N2O2S/c1-14(15-7-9-16(10-8-15)19(2,3)23)20-11-5-12-21-18(22)17-6-4-13-24-17/h4,6-10,13-14,20,23H,5,11-12H2,1-3H3,(H,21,22). The fraction of sp³-hybridized carbons (Fsp3) is 0.421. The summed E-state index contributed by atoms with van der Waals surface area (Å²) in [6.07, 6.45) is 0.878. The van der Waals surface area contributed by atoms with E-state index in [0.717, 1.165) is 23.4 Å². The first-order chi connectivity index (χ1) is 11.4. The van der Waals surface area contributed by atoms with Gasteiger partial charge in [-0.05, 0) is 56.3 Å². The lowest BCUT2D eigenvalue weighted by molar-refractivity contribution is 0.0785. The van der Waals surface area contributed by atoms with Crippen LogP contribution in [0.1, 0.15) is 54.0 Å². The van der Waals surface area contributed by atoms with Crippen LogP contribution in [0.3, 0.4) is 0 Å². The fourth-order valence-electron chi connectivity index (χ4n) is 2.40.